The highest BCUT2D eigenvalue weighted by atomic mass is 19.4. The highest BCUT2D eigenvalue weighted by Crippen LogP contribution is 2.31. The summed E-state index contributed by atoms with van der Waals surface area (Å²) in [6.45, 7) is -0.104. The van der Waals surface area contributed by atoms with Gasteiger partial charge in [-0.2, -0.15) is 13.2 Å². The van der Waals surface area contributed by atoms with Crippen molar-refractivity contribution in [3.63, 3.8) is 0 Å². The van der Waals surface area contributed by atoms with Gasteiger partial charge in [0.15, 0.2) is 0 Å². The summed E-state index contributed by atoms with van der Waals surface area (Å²) in [7, 11) is 0. The second-order valence-corrected chi connectivity index (χ2v) is 3.08. The summed E-state index contributed by atoms with van der Waals surface area (Å²) in [4.78, 5) is 10.1. The summed E-state index contributed by atoms with van der Waals surface area (Å²) in [6.07, 6.45) is -2.37. The Hall–Kier alpha value is -1.98. The fourth-order valence-corrected chi connectivity index (χ4v) is 1.06. The Labute approximate surface area is 95.1 Å². The zero-order valence-electron chi connectivity index (χ0n) is 8.57. The third kappa shape index (κ3) is 4.58. The van der Waals surface area contributed by atoms with Gasteiger partial charge in [0.25, 0.3) is 0 Å². The number of halogens is 3. The van der Waals surface area contributed by atoms with Crippen LogP contribution in [0.4, 0.5) is 13.2 Å². The lowest BCUT2D eigenvalue weighted by atomic mass is 10.2. The van der Waals surface area contributed by atoms with E-state index in [0.717, 1.165) is 18.2 Å². The molecule has 0 amide bonds. The molecule has 1 rings (SSSR count). The summed E-state index contributed by atoms with van der Waals surface area (Å²) in [5, 5.41) is 8.27. The molecule has 1 aromatic rings. The van der Waals surface area contributed by atoms with Crippen LogP contribution in [-0.2, 0) is 11.0 Å². The number of rotatable bonds is 4. The number of aliphatic carboxylic acids is 1. The molecule has 0 radical (unpaired) electrons. The molecule has 6 heteroatoms. The maximum absolute atomic E-state index is 12.3. The van der Waals surface area contributed by atoms with E-state index >= 15 is 0 Å². The van der Waals surface area contributed by atoms with Crippen molar-refractivity contribution in [3.8, 4) is 5.75 Å². The van der Waals surface area contributed by atoms with Crippen molar-refractivity contribution in [2.75, 3.05) is 6.61 Å². The van der Waals surface area contributed by atoms with Crippen molar-refractivity contribution >= 4 is 5.97 Å². The Morgan fingerprint density at radius 1 is 1.41 bits per heavy atom. The molecule has 0 saturated carbocycles. The van der Waals surface area contributed by atoms with Crippen molar-refractivity contribution in [1.82, 2.24) is 0 Å². The van der Waals surface area contributed by atoms with E-state index in [1.807, 2.05) is 0 Å². The van der Waals surface area contributed by atoms with Gasteiger partial charge in [-0.05, 0) is 24.3 Å². The molecule has 1 aromatic carbocycles. The van der Waals surface area contributed by atoms with Crippen LogP contribution in [0.25, 0.3) is 0 Å². The zero-order valence-corrected chi connectivity index (χ0v) is 8.57. The summed E-state index contributed by atoms with van der Waals surface area (Å²) >= 11 is 0. The van der Waals surface area contributed by atoms with Crippen LogP contribution < -0.4 is 4.74 Å². The number of hydrogen-bond acceptors (Lipinski definition) is 2. The van der Waals surface area contributed by atoms with E-state index < -0.39 is 17.7 Å². The molecule has 0 atom stereocenters. The summed E-state index contributed by atoms with van der Waals surface area (Å²) in [6, 6.07) is 4.37. The molecule has 0 aromatic heterocycles. The summed E-state index contributed by atoms with van der Waals surface area (Å²) < 4.78 is 41.9. The first-order valence-electron chi connectivity index (χ1n) is 4.59. The van der Waals surface area contributed by atoms with Gasteiger partial charge in [-0.1, -0.05) is 6.07 Å². The number of alkyl halides is 3. The van der Waals surface area contributed by atoms with Gasteiger partial charge < -0.3 is 9.84 Å². The third-order valence-corrected chi connectivity index (χ3v) is 1.77. The quantitative estimate of drug-likeness (QED) is 0.831. The van der Waals surface area contributed by atoms with E-state index in [0.29, 0.717) is 0 Å². The van der Waals surface area contributed by atoms with Gasteiger partial charge in [0, 0.05) is 6.08 Å². The van der Waals surface area contributed by atoms with E-state index in [9.17, 15) is 18.0 Å². The van der Waals surface area contributed by atoms with Crippen LogP contribution in [0.1, 0.15) is 5.56 Å². The van der Waals surface area contributed by atoms with Gasteiger partial charge in [0.1, 0.15) is 12.4 Å². The highest BCUT2D eigenvalue weighted by molar-refractivity contribution is 5.79. The SMILES string of the molecule is O=C(O)C=CCOc1cccc(C(F)(F)F)c1. The number of carboxylic acids is 1. The van der Waals surface area contributed by atoms with E-state index in [2.05, 4.69) is 0 Å². The summed E-state index contributed by atoms with van der Waals surface area (Å²) in [5.41, 5.74) is -0.808. The first kappa shape index (κ1) is 13.1. The predicted molar refractivity (Wildman–Crippen MR) is 53.7 cm³/mol. The minimum atomic E-state index is -4.42. The van der Waals surface area contributed by atoms with Gasteiger partial charge in [-0.15, -0.1) is 0 Å². The first-order valence-corrected chi connectivity index (χ1v) is 4.59. The lowest BCUT2D eigenvalue weighted by molar-refractivity contribution is -0.137. The fraction of sp³-hybridized carbons (Fsp3) is 0.182. The van der Waals surface area contributed by atoms with Crippen LogP contribution >= 0.6 is 0 Å². The second-order valence-electron chi connectivity index (χ2n) is 3.08. The highest BCUT2D eigenvalue weighted by Gasteiger charge is 2.30. The smallest absolute Gasteiger partial charge is 0.416 e. The van der Waals surface area contributed by atoms with Gasteiger partial charge in [0.05, 0.1) is 5.56 Å². The third-order valence-electron chi connectivity index (χ3n) is 1.77. The Balaban J connectivity index is 2.64. The van der Waals surface area contributed by atoms with Gasteiger partial charge in [-0.3, -0.25) is 0 Å². The maximum Gasteiger partial charge on any atom is 0.416 e. The molecule has 0 bridgehead atoms. The normalized spacial score (nSPS) is 11.7. The molecule has 0 aliphatic carbocycles. The number of benzene rings is 1. The lowest BCUT2D eigenvalue weighted by Crippen LogP contribution is -2.05. The van der Waals surface area contributed by atoms with Crippen LogP contribution in [-0.4, -0.2) is 17.7 Å². The Morgan fingerprint density at radius 2 is 2.12 bits per heavy atom. The zero-order chi connectivity index (χ0) is 12.9. The molecule has 1 N–H and O–H groups in total. The van der Waals surface area contributed by atoms with Crippen molar-refractivity contribution in [3.05, 3.63) is 42.0 Å². The second kappa shape index (κ2) is 5.38. The van der Waals surface area contributed by atoms with Crippen LogP contribution in [0.2, 0.25) is 0 Å². The number of carboxylic acid groups (broad SMARTS) is 1. The Morgan fingerprint density at radius 3 is 2.71 bits per heavy atom. The molecule has 0 spiro atoms. The number of carbonyl (C=O) groups is 1. The van der Waals surface area contributed by atoms with Gasteiger partial charge in [0.2, 0.25) is 0 Å². The summed E-state index contributed by atoms with van der Waals surface area (Å²) in [5.74, 6) is -1.10. The largest absolute Gasteiger partial charge is 0.490 e. The molecule has 0 aliphatic rings. The van der Waals surface area contributed by atoms with Crippen molar-refractivity contribution in [1.29, 1.82) is 0 Å². The molecular weight excluding hydrogens is 237 g/mol. The van der Waals surface area contributed by atoms with Crippen molar-refractivity contribution in [2.24, 2.45) is 0 Å². The van der Waals surface area contributed by atoms with Crippen LogP contribution in [0.15, 0.2) is 36.4 Å². The molecule has 0 heterocycles. The standard InChI is InChI=1S/C11H9F3O3/c12-11(13,14)8-3-1-4-9(7-8)17-6-2-5-10(15)16/h1-5,7H,6H2,(H,15,16). The average Bonchev–Trinajstić information content (AvgIpc) is 2.23. The lowest BCUT2D eigenvalue weighted by Gasteiger charge is -2.08. The van der Waals surface area contributed by atoms with Crippen molar-refractivity contribution < 1.29 is 27.8 Å². The van der Waals surface area contributed by atoms with E-state index in [4.69, 9.17) is 9.84 Å². The first-order chi connectivity index (χ1) is 7.89. The van der Waals surface area contributed by atoms with Crippen LogP contribution in [0.3, 0.4) is 0 Å². The molecule has 0 saturated heterocycles. The van der Waals surface area contributed by atoms with E-state index in [1.165, 1.54) is 18.2 Å². The number of hydrogen-bond donors (Lipinski definition) is 1. The Bertz CT molecular complexity index is 424. The van der Waals surface area contributed by atoms with Gasteiger partial charge in [-0.25, -0.2) is 4.79 Å². The minimum Gasteiger partial charge on any atom is -0.490 e. The van der Waals surface area contributed by atoms with Crippen molar-refractivity contribution in [2.45, 2.75) is 6.18 Å². The molecule has 3 nitrogen and oxygen atoms in total. The van der Waals surface area contributed by atoms with Crippen LogP contribution in [0, 0.1) is 0 Å². The van der Waals surface area contributed by atoms with E-state index in [1.54, 1.807) is 0 Å². The number of ether oxygens (including phenoxy) is 1. The van der Waals surface area contributed by atoms with Gasteiger partial charge >= 0.3 is 12.1 Å². The minimum absolute atomic E-state index is 0.0369. The topological polar surface area (TPSA) is 46.5 Å². The molecule has 17 heavy (non-hydrogen) atoms. The molecule has 0 fully saturated rings. The monoisotopic (exact) mass is 246 g/mol. The molecular formula is C11H9F3O3. The fourth-order valence-electron chi connectivity index (χ4n) is 1.06. The molecule has 0 aliphatic heterocycles. The molecule has 0 unspecified atom stereocenters. The predicted octanol–water partition coefficient (Wildman–Crippen LogP) is 2.73. The average molecular weight is 246 g/mol. The molecule has 92 valence electrons. The maximum atomic E-state index is 12.3. The van der Waals surface area contributed by atoms with Crippen LogP contribution in [0.5, 0.6) is 5.75 Å². The van der Waals surface area contributed by atoms with E-state index in [-0.39, 0.29) is 12.4 Å². The Kier molecular flexibility index (Phi) is 4.14.